The summed E-state index contributed by atoms with van der Waals surface area (Å²) in [5, 5.41) is 9.91. The number of piperidine rings is 1. The highest BCUT2D eigenvalue weighted by Gasteiger charge is 2.29. The number of amides is 1. The van der Waals surface area contributed by atoms with Gasteiger partial charge in [0.25, 0.3) is 5.56 Å². The van der Waals surface area contributed by atoms with Gasteiger partial charge in [0.1, 0.15) is 0 Å². The lowest BCUT2D eigenvalue weighted by atomic mass is 9.98. The third-order valence-corrected chi connectivity index (χ3v) is 6.65. The van der Waals surface area contributed by atoms with Gasteiger partial charge in [-0.2, -0.15) is 0 Å². The van der Waals surface area contributed by atoms with Crippen molar-refractivity contribution in [2.45, 2.75) is 70.2 Å². The van der Waals surface area contributed by atoms with E-state index in [0.717, 1.165) is 24.8 Å². The lowest BCUT2D eigenvalue weighted by Gasteiger charge is -2.39. The molecule has 0 bridgehead atoms. The zero-order valence-electron chi connectivity index (χ0n) is 17.2. The molecule has 0 spiro atoms. The molecule has 2 atom stereocenters. The fraction of sp³-hybridized carbons (Fsp3) is 0.524. The molecule has 0 saturated carbocycles. The first-order chi connectivity index (χ1) is 14.0. The van der Waals surface area contributed by atoms with Crippen molar-refractivity contribution in [2.75, 3.05) is 5.75 Å². The zero-order valence-corrected chi connectivity index (χ0v) is 18.0. The third kappa shape index (κ3) is 3.54. The van der Waals surface area contributed by atoms with E-state index in [1.807, 2.05) is 40.5 Å². The number of likely N-dealkylation sites (tertiary alicyclic amines) is 1. The molecule has 0 aliphatic carbocycles. The molecule has 1 saturated heterocycles. The van der Waals surface area contributed by atoms with Crippen LogP contribution >= 0.6 is 11.8 Å². The van der Waals surface area contributed by atoms with Crippen molar-refractivity contribution in [3.8, 4) is 0 Å². The highest BCUT2D eigenvalue weighted by Crippen LogP contribution is 2.26. The van der Waals surface area contributed by atoms with Crippen LogP contribution in [0.1, 0.15) is 46.5 Å². The number of fused-ring (bicyclic) bond motifs is 3. The molecule has 2 unspecified atom stereocenters. The SMILES string of the molecule is CCCn1c(=O)c2ccccc2n2c(SCC(=O)N3C(C)CCCC3C)nnc12. The van der Waals surface area contributed by atoms with Crippen LogP contribution in [-0.4, -0.2) is 47.8 Å². The average Bonchev–Trinajstić information content (AvgIpc) is 3.13. The second-order valence-corrected chi connectivity index (χ2v) is 8.75. The largest absolute Gasteiger partial charge is 0.337 e. The summed E-state index contributed by atoms with van der Waals surface area (Å²) < 4.78 is 3.59. The van der Waals surface area contributed by atoms with Gasteiger partial charge in [-0.25, -0.2) is 0 Å². The molecule has 7 nitrogen and oxygen atoms in total. The van der Waals surface area contributed by atoms with Crippen LogP contribution in [0.25, 0.3) is 16.7 Å². The highest BCUT2D eigenvalue weighted by molar-refractivity contribution is 7.99. The summed E-state index contributed by atoms with van der Waals surface area (Å²) in [6, 6.07) is 8.06. The number of para-hydroxylation sites is 1. The normalized spacial score (nSPS) is 19.9. The third-order valence-electron chi connectivity index (χ3n) is 5.73. The predicted molar refractivity (Wildman–Crippen MR) is 115 cm³/mol. The van der Waals surface area contributed by atoms with Crippen LogP contribution < -0.4 is 5.56 Å². The Kier molecular flexibility index (Phi) is 5.63. The predicted octanol–water partition coefficient (Wildman–Crippen LogP) is 3.34. The summed E-state index contributed by atoms with van der Waals surface area (Å²) in [5.41, 5.74) is 0.727. The minimum absolute atomic E-state index is 0.0501. The molecule has 1 aromatic carbocycles. The van der Waals surface area contributed by atoms with Crippen molar-refractivity contribution in [1.29, 1.82) is 0 Å². The minimum Gasteiger partial charge on any atom is -0.337 e. The van der Waals surface area contributed by atoms with Gasteiger partial charge in [-0.15, -0.1) is 10.2 Å². The van der Waals surface area contributed by atoms with Gasteiger partial charge in [0.05, 0.1) is 16.7 Å². The summed E-state index contributed by atoms with van der Waals surface area (Å²) in [7, 11) is 0. The summed E-state index contributed by atoms with van der Waals surface area (Å²) in [6.45, 7) is 6.87. The van der Waals surface area contributed by atoms with E-state index in [-0.39, 0.29) is 23.6 Å². The molecule has 1 fully saturated rings. The number of hydrogen-bond donors (Lipinski definition) is 0. The van der Waals surface area contributed by atoms with Crippen LogP contribution in [0, 0.1) is 0 Å². The van der Waals surface area contributed by atoms with Crippen LogP contribution in [-0.2, 0) is 11.3 Å². The van der Waals surface area contributed by atoms with Crippen molar-refractivity contribution >= 4 is 34.3 Å². The van der Waals surface area contributed by atoms with Gasteiger partial charge in [-0.1, -0.05) is 30.8 Å². The first-order valence-corrected chi connectivity index (χ1v) is 11.3. The van der Waals surface area contributed by atoms with E-state index in [0.29, 0.717) is 28.6 Å². The van der Waals surface area contributed by atoms with Gasteiger partial charge in [0.2, 0.25) is 11.7 Å². The summed E-state index contributed by atoms with van der Waals surface area (Å²) >= 11 is 1.39. The molecule has 29 heavy (non-hydrogen) atoms. The van der Waals surface area contributed by atoms with Crippen molar-refractivity contribution in [2.24, 2.45) is 0 Å². The molecule has 154 valence electrons. The summed E-state index contributed by atoms with van der Waals surface area (Å²) in [5.74, 6) is 0.985. The fourth-order valence-electron chi connectivity index (χ4n) is 4.37. The number of rotatable bonds is 5. The molecule has 0 radical (unpaired) electrons. The molecule has 1 amide bonds. The first kappa shape index (κ1) is 19.9. The molecule has 0 N–H and O–H groups in total. The van der Waals surface area contributed by atoms with Gasteiger partial charge in [-0.05, 0) is 51.7 Å². The maximum atomic E-state index is 12.9. The number of benzene rings is 1. The molecule has 3 aromatic rings. The van der Waals surface area contributed by atoms with E-state index in [9.17, 15) is 9.59 Å². The Balaban J connectivity index is 1.70. The molecular weight excluding hydrogens is 386 g/mol. The molecule has 2 aromatic heterocycles. The monoisotopic (exact) mass is 413 g/mol. The Morgan fingerprint density at radius 1 is 1.17 bits per heavy atom. The Bertz CT molecular complexity index is 1100. The van der Waals surface area contributed by atoms with Gasteiger partial charge in [0.15, 0.2) is 5.16 Å². The zero-order chi connectivity index (χ0) is 20.5. The molecule has 4 rings (SSSR count). The van der Waals surface area contributed by atoms with Crippen LogP contribution in [0.3, 0.4) is 0 Å². The number of nitrogens with zero attached hydrogens (tertiary/aromatic N) is 5. The average molecular weight is 414 g/mol. The lowest BCUT2D eigenvalue weighted by Crippen LogP contribution is -2.48. The van der Waals surface area contributed by atoms with Crippen molar-refractivity contribution in [1.82, 2.24) is 24.1 Å². The maximum Gasteiger partial charge on any atom is 0.262 e. The topological polar surface area (TPSA) is 72.5 Å². The Hall–Kier alpha value is -2.35. The van der Waals surface area contributed by atoms with Gasteiger partial charge >= 0.3 is 0 Å². The molecular formula is C21H27N5O2S. The Morgan fingerprint density at radius 2 is 1.90 bits per heavy atom. The number of hydrogen-bond acceptors (Lipinski definition) is 5. The Morgan fingerprint density at radius 3 is 2.62 bits per heavy atom. The van der Waals surface area contributed by atoms with Crippen LogP contribution in [0.2, 0.25) is 0 Å². The van der Waals surface area contributed by atoms with Crippen molar-refractivity contribution < 1.29 is 4.79 Å². The number of carbonyl (C=O) groups excluding carboxylic acids is 1. The number of aryl methyl sites for hydroxylation is 1. The van der Waals surface area contributed by atoms with Gasteiger partial charge < -0.3 is 4.90 Å². The van der Waals surface area contributed by atoms with E-state index < -0.39 is 0 Å². The second kappa shape index (κ2) is 8.18. The standard InChI is InChI=1S/C21H27N5O2S/c1-4-12-24-19(28)16-10-5-6-11-17(16)26-20(24)22-23-21(26)29-13-18(27)25-14(2)8-7-9-15(25)3/h5-6,10-11,14-15H,4,7-9,12-13H2,1-3H3. The lowest BCUT2D eigenvalue weighted by molar-refractivity contribution is -0.134. The minimum atomic E-state index is -0.0501. The van der Waals surface area contributed by atoms with Crippen molar-refractivity contribution in [3.05, 3.63) is 34.6 Å². The molecule has 3 heterocycles. The van der Waals surface area contributed by atoms with E-state index in [2.05, 4.69) is 24.0 Å². The van der Waals surface area contributed by atoms with Crippen LogP contribution in [0.5, 0.6) is 0 Å². The quantitative estimate of drug-likeness (QED) is 0.600. The number of carbonyl (C=O) groups is 1. The van der Waals surface area contributed by atoms with E-state index in [1.165, 1.54) is 18.2 Å². The van der Waals surface area contributed by atoms with Gasteiger partial charge in [0, 0.05) is 18.6 Å². The summed E-state index contributed by atoms with van der Waals surface area (Å²) in [6.07, 6.45) is 4.12. The molecule has 8 heteroatoms. The fourth-order valence-corrected chi connectivity index (χ4v) is 5.18. The van der Waals surface area contributed by atoms with Crippen molar-refractivity contribution in [3.63, 3.8) is 0 Å². The highest BCUT2D eigenvalue weighted by atomic mass is 32.2. The van der Waals surface area contributed by atoms with Crippen LogP contribution in [0.15, 0.2) is 34.2 Å². The van der Waals surface area contributed by atoms with Gasteiger partial charge in [-0.3, -0.25) is 18.6 Å². The smallest absolute Gasteiger partial charge is 0.262 e. The first-order valence-electron chi connectivity index (χ1n) is 10.3. The molecule has 1 aliphatic rings. The second-order valence-electron chi connectivity index (χ2n) is 7.81. The van der Waals surface area contributed by atoms with E-state index in [4.69, 9.17) is 0 Å². The van der Waals surface area contributed by atoms with Crippen LogP contribution in [0.4, 0.5) is 0 Å². The van der Waals surface area contributed by atoms with E-state index in [1.54, 1.807) is 4.57 Å². The number of aromatic nitrogens is 4. The Labute approximate surface area is 174 Å². The summed E-state index contributed by atoms with van der Waals surface area (Å²) in [4.78, 5) is 27.8. The maximum absolute atomic E-state index is 12.9. The number of thioether (sulfide) groups is 1. The molecule has 1 aliphatic heterocycles. The van der Waals surface area contributed by atoms with E-state index >= 15 is 0 Å².